The van der Waals surface area contributed by atoms with E-state index in [1.165, 1.54) is 0 Å². The van der Waals surface area contributed by atoms with Crippen LogP contribution in [0.15, 0.2) is 18.2 Å². The predicted octanol–water partition coefficient (Wildman–Crippen LogP) is 1.83. The summed E-state index contributed by atoms with van der Waals surface area (Å²) in [5.74, 6) is 0.940. The van der Waals surface area contributed by atoms with E-state index in [-0.39, 0.29) is 30.4 Å². The Labute approximate surface area is 136 Å². The van der Waals surface area contributed by atoms with Crippen molar-refractivity contribution in [1.29, 1.82) is 0 Å². The number of fused-ring (bicyclic) bond motifs is 1. The van der Waals surface area contributed by atoms with Crippen molar-refractivity contribution in [2.75, 3.05) is 6.79 Å². The number of amides is 2. The molecule has 1 atom stereocenters. The van der Waals surface area contributed by atoms with Gasteiger partial charge in [0.05, 0.1) is 0 Å². The molecule has 23 heavy (non-hydrogen) atoms. The highest BCUT2D eigenvalue weighted by Crippen LogP contribution is 2.32. The van der Waals surface area contributed by atoms with E-state index in [0.717, 1.165) is 5.56 Å². The van der Waals surface area contributed by atoms with Gasteiger partial charge in [-0.2, -0.15) is 0 Å². The highest BCUT2D eigenvalue weighted by atomic mass is 16.7. The minimum atomic E-state index is -0.543. The van der Waals surface area contributed by atoms with Crippen molar-refractivity contribution in [3.05, 3.63) is 23.8 Å². The molecule has 0 unspecified atom stereocenters. The first-order valence-electron chi connectivity index (χ1n) is 7.85. The SMILES string of the molecule is CC(C)C(=O)N[C@@H](C(=O)NCc1ccc2c(c1)OCO2)C(C)C. The minimum absolute atomic E-state index is 0.00875. The van der Waals surface area contributed by atoms with E-state index < -0.39 is 6.04 Å². The normalized spacial score (nSPS) is 14.0. The van der Waals surface area contributed by atoms with Crippen LogP contribution in [-0.4, -0.2) is 24.6 Å². The van der Waals surface area contributed by atoms with Crippen molar-refractivity contribution in [3.8, 4) is 11.5 Å². The highest BCUT2D eigenvalue weighted by molar-refractivity contribution is 5.88. The molecule has 0 radical (unpaired) electrons. The van der Waals surface area contributed by atoms with Crippen LogP contribution in [0.25, 0.3) is 0 Å². The van der Waals surface area contributed by atoms with Crippen molar-refractivity contribution >= 4 is 11.8 Å². The molecule has 1 aromatic carbocycles. The molecule has 0 fully saturated rings. The Morgan fingerprint density at radius 1 is 1.09 bits per heavy atom. The van der Waals surface area contributed by atoms with Crippen molar-refractivity contribution in [3.63, 3.8) is 0 Å². The van der Waals surface area contributed by atoms with Crippen molar-refractivity contribution in [1.82, 2.24) is 10.6 Å². The van der Waals surface area contributed by atoms with E-state index in [2.05, 4.69) is 10.6 Å². The van der Waals surface area contributed by atoms with Crippen LogP contribution in [0.4, 0.5) is 0 Å². The fourth-order valence-electron chi connectivity index (χ4n) is 2.20. The van der Waals surface area contributed by atoms with Crippen LogP contribution in [0.2, 0.25) is 0 Å². The second kappa shape index (κ2) is 7.35. The second-order valence-electron chi connectivity index (χ2n) is 6.29. The zero-order valence-corrected chi connectivity index (χ0v) is 14.0. The molecule has 1 heterocycles. The van der Waals surface area contributed by atoms with Crippen LogP contribution >= 0.6 is 0 Å². The topological polar surface area (TPSA) is 76.7 Å². The molecule has 1 aliphatic heterocycles. The van der Waals surface area contributed by atoms with Gasteiger partial charge in [-0.05, 0) is 23.6 Å². The summed E-state index contributed by atoms with van der Waals surface area (Å²) >= 11 is 0. The number of hydrogen-bond donors (Lipinski definition) is 2. The van der Waals surface area contributed by atoms with E-state index >= 15 is 0 Å². The summed E-state index contributed by atoms with van der Waals surface area (Å²) in [7, 11) is 0. The Balaban J connectivity index is 1.95. The van der Waals surface area contributed by atoms with Gasteiger partial charge in [-0.25, -0.2) is 0 Å². The van der Waals surface area contributed by atoms with E-state index in [1.807, 2.05) is 32.0 Å². The Morgan fingerprint density at radius 2 is 1.78 bits per heavy atom. The quantitative estimate of drug-likeness (QED) is 0.838. The molecule has 0 saturated carbocycles. The molecule has 0 bridgehead atoms. The zero-order valence-electron chi connectivity index (χ0n) is 14.0. The Bertz CT molecular complexity index is 584. The third kappa shape index (κ3) is 4.37. The van der Waals surface area contributed by atoms with E-state index in [1.54, 1.807) is 13.8 Å². The molecule has 2 N–H and O–H groups in total. The van der Waals surface area contributed by atoms with Gasteiger partial charge in [-0.3, -0.25) is 9.59 Å². The molecular weight excluding hydrogens is 296 g/mol. The first-order valence-corrected chi connectivity index (χ1v) is 7.85. The number of carbonyl (C=O) groups excluding carboxylic acids is 2. The van der Waals surface area contributed by atoms with Gasteiger partial charge in [0, 0.05) is 12.5 Å². The summed E-state index contributed by atoms with van der Waals surface area (Å²) in [4.78, 5) is 24.2. The van der Waals surface area contributed by atoms with Gasteiger partial charge < -0.3 is 20.1 Å². The lowest BCUT2D eigenvalue weighted by atomic mass is 10.0. The molecule has 1 aromatic rings. The average molecular weight is 320 g/mol. The molecule has 6 heteroatoms. The molecule has 2 amide bonds. The summed E-state index contributed by atoms with van der Waals surface area (Å²) in [6.45, 7) is 8.02. The van der Waals surface area contributed by atoms with Crippen LogP contribution < -0.4 is 20.1 Å². The molecule has 6 nitrogen and oxygen atoms in total. The van der Waals surface area contributed by atoms with Crippen LogP contribution in [0.3, 0.4) is 0 Å². The largest absolute Gasteiger partial charge is 0.454 e. The number of rotatable bonds is 6. The summed E-state index contributed by atoms with van der Waals surface area (Å²) in [5, 5.41) is 5.66. The van der Waals surface area contributed by atoms with Crippen LogP contribution in [0.5, 0.6) is 11.5 Å². The Kier molecular flexibility index (Phi) is 5.47. The average Bonchev–Trinajstić information content (AvgIpc) is 2.97. The summed E-state index contributed by atoms with van der Waals surface area (Å²) in [6, 6.07) is 5.01. The smallest absolute Gasteiger partial charge is 0.243 e. The first-order chi connectivity index (χ1) is 10.9. The lowest BCUT2D eigenvalue weighted by Gasteiger charge is -2.22. The number of nitrogens with one attached hydrogen (secondary N) is 2. The van der Waals surface area contributed by atoms with Gasteiger partial charge in [0.1, 0.15) is 6.04 Å². The maximum absolute atomic E-state index is 12.4. The summed E-state index contributed by atoms with van der Waals surface area (Å²) in [5.41, 5.74) is 0.917. The van der Waals surface area contributed by atoms with Crippen molar-refractivity contribution in [2.45, 2.75) is 40.3 Å². The summed E-state index contributed by atoms with van der Waals surface area (Å²) in [6.07, 6.45) is 0. The molecule has 0 aliphatic carbocycles. The Hall–Kier alpha value is -2.24. The van der Waals surface area contributed by atoms with Crippen molar-refractivity contribution < 1.29 is 19.1 Å². The second-order valence-corrected chi connectivity index (χ2v) is 6.29. The number of carbonyl (C=O) groups is 2. The fraction of sp³-hybridized carbons (Fsp3) is 0.529. The first kappa shape index (κ1) is 17.1. The van der Waals surface area contributed by atoms with Gasteiger partial charge in [0.25, 0.3) is 0 Å². The van der Waals surface area contributed by atoms with Crippen molar-refractivity contribution in [2.24, 2.45) is 11.8 Å². The Morgan fingerprint density at radius 3 is 2.43 bits per heavy atom. The maximum Gasteiger partial charge on any atom is 0.243 e. The number of benzene rings is 1. The molecular formula is C17H24N2O4. The van der Waals surface area contributed by atoms with Gasteiger partial charge in [-0.1, -0.05) is 33.8 Å². The standard InChI is InChI=1S/C17H24N2O4/c1-10(2)15(19-16(20)11(3)4)17(21)18-8-12-5-6-13-14(7-12)23-9-22-13/h5-7,10-11,15H,8-9H2,1-4H3,(H,18,21)(H,19,20)/t15-/m1/s1. The number of ether oxygens (including phenoxy) is 2. The van der Waals surface area contributed by atoms with Gasteiger partial charge in [-0.15, -0.1) is 0 Å². The molecule has 2 rings (SSSR count). The highest BCUT2D eigenvalue weighted by Gasteiger charge is 2.25. The van der Waals surface area contributed by atoms with E-state index in [9.17, 15) is 9.59 Å². The van der Waals surface area contributed by atoms with Gasteiger partial charge in [0.2, 0.25) is 18.6 Å². The third-order valence-electron chi connectivity index (χ3n) is 3.67. The molecule has 0 aromatic heterocycles. The molecule has 1 aliphatic rings. The molecule has 0 saturated heterocycles. The maximum atomic E-state index is 12.4. The fourth-order valence-corrected chi connectivity index (χ4v) is 2.20. The van der Waals surface area contributed by atoms with Crippen LogP contribution in [-0.2, 0) is 16.1 Å². The zero-order chi connectivity index (χ0) is 17.0. The third-order valence-corrected chi connectivity index (χ3v) is 3.67. The van der Waals surface area contributed by atoms with E-state index in [4.69, 9.17) is 9.47 Å². The number of hydrogen-bond acceptors (Lipinski definition) is 4. The molecule has 0 spiro atoms. The van der Waals surface area contributed by atoms with Gasteiger partial charge >= 0.3 is 0 Å². The minimum Gasteiger partial charge on any atom is -0.454 e. The van der Waals surface area contributed by atoms with Crippen LogP contribution in [0, 0.1) is 11.8 Å². The van der Waals surface area contributed by atoms with Gasteiger partial charge in [0.15, 0.2) is 11.5 Å². The lowest BCUT2D eigenvalue weighted by molar-refractivity contribution is -0.131. The summed E-state index contributed by atoms with van der Waals surface area (Å²) < 4.78 is 10.6. The molecule has 126 valence electrons. The predicted molar refractivity (Wildman–Crippen MR) is 86.0 cm³/mol. The van der Waals surface area contributed by atoms with Crippen LogP contribution in [0.1, 0.15) is 33.3 Å². The lowest BCUT2D eigenvalue weighted by Crippen LogP contribution is -2.50. The monoisotopic (exact) mass is 320 g/mol. The van der Waals surface area contributed by atoms with E-state index in [0.29, 0.717) is 18.0 Å².